The molecule has 1 unspecified atom stereocenters. The molecule has 0 bridgehead atoms. The minimum Gasteiger partial charge on any atom is -0.485 e. The fraction of sp³-hybridized carbons (Fsp3) is 0.300. The first-order chi connectivity index (χ1) is 12.8. The lowest BCUT2D eigenvalue weighted by atomic mass is 9.87. The topological polar surface area (TPSA) is 59.9 Å². The van der Waals surface area contributed by atoms with Crippen molar-refractivity contribution in [2.24, 2.45) is 5.10 Å². The van der Waals surface area contributed by atoms with Gasteiger partial charge in [0.15, 0.2) is 11.5 Å². The van der Waals surface area contributed by atoms with Gasteiger partial charge in [-0.15, -0.1) is 0 Å². The Labute approximate surface area is 168 Å². The number of halogens is 2. The minimum atomic E-state index is -0.792. The normalized spacial score (nSPS) is 16.4. The number of nitrogens with one attached hydrogen (secondary N) is 1. The molecule has 1 aliphatic heterocycles. The number of carbonyl (C=O) groups is 1. The van der Waals surface area contributed by atoms with Gasteiger partial charge in [0.25, 0.3) is 5.91 Å². The van der Waals surface area contributed by atoms with Crippen LogP contribution in [0.2, 0.25) is 10.0 Å². The number of carbonyl (C=O) groups excluding carboxylic acids is 1. The van der Waals surface area contributed by atoms with Crippen LogP contribution < -0.4 is 14.9 Å². The van der Waals surface area contributed by atoms with Gasteiger partial charge in [-0.25, -0.2) is 5.43 Å². The molecule has 0 fully saturated rings. The largest absolute Gasteiger partial charge is 0.485 e. The SMILES string of the molecule is CC(C)(C)c1ccc2c(c1)OC(C(=O)N/N=C\c1cccc(Cl)c1Cl)CO2. The number of hydrogen-bond donors (Lipinski definition) is 1. The van der Waals surface area contributed by atoms with Crippen molar-refractivity contribution >= 4 is 35.3 Å². The van der Waals surface area contributed by atoms with Crippen molar-refractivity contribution < 1.29 is 14.3 Å². The zero-order valence-electron chi connectivity index (χ0n) is 15.3. The van der Waals surface area contributed by atoms with Crippen LogP contribution in [0, 0.1) is 0 Å². The highest BCUT2D eigenvalue weighted by Crippen LogP contribution is 2.36. The van der Waals surface area contributed by atoms with Gasteiger partial charge < -0.3 is 9.47 Å². The first kappa shape index (κ1) is 19.5. The van der Waals surface area contributed by atoms with Gasteiger partial charge in [-0.3, -0.25) is 4.79 Å². The van der Waals surface area contributed by atoms with Gasteiger partial charge in [0.2, 0.25) is 6.10 Å². The molecule has 0 aromatic heterocycles. The van der Waals surface area contributed by atoms with E-state index in [9.17, 15) is 4.79 Å². The van der Waals surface area contributed by atoms with Crippen LogP contribution in [-0.2, 0) is 10.2 Å². The number of ether oxygens (including phenoxy) is 2. The molecule has 0 saturated carbocycles. The van der Waals surface area contributed by atoms with E-state index in [1.54, 1.807) is 18.2 Å². The quantitative estimate of drug-likeness (QED) is 0.599. The average Bonchev–Trinajstić information content (AvgIpc) is 2.63. The van der Waals surface area contributed by atoms with Gasteiger partial charge >= 0.3 is 0 Å². The summed E-state index contributed by atoms with van der Waals surface area (Å²) in [6.45, 7) is 6.44. The Morgan fingerprint density at radius 3 is 2.74 bits per heavy atom. The summed E-state index contributed by atoms with van der Waals surface area (Å²) >= 11 is 12.0. The summed E-state index contributed by atoms with van der Waals surface area (Å²) in [5.41, 5.74) is 4.11. The summed E-state index contributed by atoms with van der Waals surface area (Å²) in [6, 6.07) is 10.9. The number of fused-ring (bicyclic) bond motifs is 1. The van der Waals surface area contributed by atoms with Crippen LogP contribution in [0.5, 0.6) is 11.5 Å². The Hall–Kier alpha value is -2.24. The minimum absolute atomic E-state index is 0.0336. The van der Waals surface area contributed by atoms with E-state index in [-0.39, 0.29) is 12.0 Å². The fourth-order valence-corrected chi connectivity index (χ4v) is 2.88. The monoisotopic (exact) mass is 406 g/mol. The molecule has 142 valence electrons. The molecule has 1 amide bonds. The highest BCUT2D eigenvalue weighted by atomic mass is 35.5. The van der Waals surface area contributed by atoms with Gasteiger partial charge in [0, 0.05) is 5.56 Å². The number of amides is 1. The molecule has 5 nitrogen and oxygen atoms in total. The Kier molecular flexibility index (Phi) is 5.63. The number of benzene rings is 2. The Morgan fingerprint density at radius 2 is 2.00 bits per heavy atom. The first-order valence-electron chi connectivity index (χ1n) is 8.46. The molecule has 1 heterocycles. The molecule has 2 aromatic carbocycles. The van der Waals surface area contributed by atoms with E-state index in [1.807, 2.05) is 18.2 Å². The lowest BCUT2D eigenvalue weighted by Crippen LogP contribution is -2.42. The van der Waals surface area contributed by atoms with Crippen molar-refractivity contribution in [3.05, 3.63) is 57.6 Å². The Balaban J connectivity index is 1.67. The maximum absolute atomic E-state index is 12.3. The predicted molar refractivity (Wildman–Crippen MR) is 107 cm³/mol. The first-order valence-corrected chi connectivity index (χ1v) is 9.22. The van der Waals surface area contributed by atoms with E-state index in [1.165, 1.54) is 6.21 Å². The standard InChI is InChI=1S/C20H20Cl2N2O3/c1-20(2,3)13-7-8-15-16(9-13)27-17(11-26-15)19(25)24-23-10-12-5-4-6-14(21)18(12)22/h4-10,17H,11H2,1-3H3,(H,24,25)/b23-10-. The second kappa shape index (κ2) is 7.79. The molecular weight excluding hydrogens is 387 g/mol. The zero-order chi connectivity index (χ0) is 19.6. The predicted octanol–water partition coefficient (Wildman–Crippen LogP) is 4.58. The van der Waals surface area contributed by atoms with E-state index in [4.69, 9.17) is 32.7 Å². The summed E-state index contributed by atoms with van der Waals surface area (Å²) in [6.07, 6.45) is 0.640. The summed E-state index contributed by atoms with van der Waals surface area (Å²) < 4.78 is 11.5. The smallest absolute Gasteiger partial charge is 0.284 e. The van der Waals surface area contributed by atoms with Gasteiger partial charge in [-0.2, -0.15) is 5.10 Å². The lowest BCUT2D eigenvalue weighted by molar-refractivity contribution is -0.130. The van der Waals surface area contributed by atoms with Crippen molar-refractivity contribution in [3.8, 4) is 11.5 Å². The van der Waals surface area contributed by atoms with E-state index >= 15 is 0 Å². The van der Waals surface area contributed by atoms with Crippen LogP contribution in [0.25, 0.3) is 0 Å². The average molecular weight is 407 g/mol. The number of hydrogen-bond acceptors (Lipinski definition) is 4. The molecular formula is C20H20Cl2N2O3. The summed E-state index contributed by atoms with van der Waals surface area (Å²) in [5, 5.41) is 4.72. The molecule has 1 aliphatic rings. The fourth-order valence-electron chi connectivity index (χ4n) is 2.53. The van der Waals surface area contributed by atoms with Crippen LogP contribution >= 0.6 is 23.2 Å². The number of nitrogens with zero attached hydrogens (tertiary/aromatic N) is 1. The second-order valence-electron chi connectivity index (χ2n) is 7.21. The third kappa shape index (κ3) is 4.54. The molecule has 27 heavy (non-hydrogen) atoms. The molecule has 0 aliphatic carbocycles. The Bertz CT molecular complexity index is 891. The van der Waals surface area contributed by atoms with E-state index in [0.29, 0.717) is 27.1 Å². The number of rotatable bonds is 3. The zero-order valence-corrected chi connectivity index (χ0v) is 16.8. The Morgan fingerprint density at radius 1 is 1.22 bits per heavy atom. The molecule has 2 aromatic rings. The molecule has 0 spiro atoms. The van der Waals surface area contributed by atoms with Gasteiger partial charge in [-0.05, 0) is 29.2 Å². The molecule has 0 saturated heterocycles. The van der Waals surface area contributed by atoms with Crippen LogP contribution in [-0.4, -0.2) is 24.8 Å². The summed E-state index contributed by atoms with van der Waals surface area (Å²) in [7, 11) is 0. The van der Waals surface area contributed by atoms with Crippen molar-refractivity contribution in [3.63, 3.8) is 0 Å². The third-order valence-corrected chi connectivity index (χ3v) is 4.95. The van der Waals surface area contributed by atoms with Crippen LogP contribution in [0.1, 0.15) is 31.9 Å². The highest BCUT2D eigenvalue weighted by Gasteiger charge is 2.28. The van der Waals surface area contributed by atoms with Crippen LogP contribution in [0.4, 0.5) is 0 Å². The molecule has 0 radical (unpaired) electrons. The van der Waals surface area contributed by atoms with Gasteiger partial charge in [0.1, 0.15) is 6.61 Å². The maximum Gasteiger partial charge on any atom is 0.284 e. The van der Waals surface area contributed by atoms with Gasteiger partial charge in [0.05, 0.1) is 16.3 Å². The van der Waals surface area contributed by atoms with Gasteiger partial charge in [-0.1, -0.05) is 62.2 Å². The molecule has 7 heteroatoms. The molecule has 1 atom stereocenters. The van der Waals surface area contributed by atoms with E-state index < -0.39 is 12.0 Å². The maximum atomic E-state index is 12.3. The van der Waals surface area contributed by atoms with Crippen molar-refractivity contribution in [1.82, 2.24) is 5.43 Å². The lowest BCUT2D eigenvalue weighted by Gasteiger charge is -2.27. The summed E-state index contributed by atoms with van der Waals surface area (Å²) in [5.74, 6) is 0.771. The van der Waals surface area contributed by atoms with Crippen molar-refractivity contribution in [2.75, 3.05) is 6.61 Å². The molecule has 3 rings (SSSR count). The van der Waals surface area contributed by atoms with Crippen molar-refractivity contribution in [1.29, 1.82) is 0 Å². The second-order valence-corrected chi connectivity index (χ2v) is 7.99. The van der Waals surface area contributed by atoms with Crippen LogP contribution in [0.3, 0.4) is 0 Å². The van der Waals surface area contributed by atoms with E-state index in [2.05, 4.69) is 31.3 Å². The van der Waals surface area contributed by atoms with Crippen molar-refractivity contribution in [2.45, 2.75) is 32.3 Å². The third-order valence-electron chi connectivity index (χ3n) is 4.12. The summed E-state index contributed by atoms with van der Waals surface area (Å²) in [4.78, 5) is 12.3. The van der Waals surface area contributed by atoms with E-state index in [0.717, 1.165) is 5.56 Å². The highest BCUT2D eigenvalue weighted by molar-refractivity contribution is 6.43. The van der Waals surface area contributed by atoms with Crippen LogP contribution in [0.15, 0.2) is 41.5 Å². The molecule has 1 N–H and O–H groups in total. The number of hydrazone groups is 1.